The van der Waals surface area contributed by atoms with Gasteiger partial charge in [0, 0.05) is 38.9 Å². The first-order valence-corrected chi connectivity index (χ1v) is 7.28. The van der Waals surface area contributed by atoms with Gasteiger partial charge >= 0.3 is 0 Å². The van der Waals surface area contributed by atoms with Crippen LogP contribution in [-0.4, -0.2) is 52.1 Å². The van der Waals surface area contributed by atoms with Gasteiger partial charge in [0.25, 0.3) is 0 Å². The van der Waals surface area contributed by atoms with E-state index in [1.165, 1.54) is 12.8 Å². The van der Waals surface area contributed by atoms with Crippen molar-refractivity contribution in [1.29, 1.82) is 0 Å². The van der Waals surface area contributed by atoms with Gasteiger partial charge in [0.1, 0.15) is 0 Å². The molecule has 2 rings (SSSR count). The summed E-state index contributed by atoms with van der Waals surface area (Å²) in [5.74, 6) is 0.786. The topological polar surface area (TPSA) is 42.5 Å². The molecule has 0 bridgehead atoms. The predicted molar refractivity (Wildman–Crippen MR) is 72.8 cm³/mol. The molecule has 4 nitrogen and oxygen atoms in total. The fourth-order valence-electron chi connectivity index (χ4n) is 2.94. The standard InChI is InChI=1S/C14H28N2O2/c1-14(2,12-3-6-17-7-4-12)11-15-9-13-10-18-8-5-16-13/h12-13,15-16H,3-11H2,1-2H3. The predicted octanol–water partition coefficient (Wildman–Crippen LogP) is 1.02. The molecule has 1 atom stereocenters. The lowest BCUT2D eigenvalue weighted by Crippen LogP contribution is -2.49. The zero-order valence-electron chi connectivity index (χ0n) is 11.8. The van der Waals surface area contributed by atoms with E-state index in [2.05, 4.69) is 24.5 Å². The SMILES string of the molecule is CC(C)(CNCC1COCCN1)C1CCOCC1. The first-order chi connectivity index (χ1) is 8.68. The van der Waals surface area contributed by atoms with Crippen molar-refractivity contribution in [3.63, 3.8) is 0 Å². The molecule has 2 fully saturated rings. The molecule has 0 saturated carbocycles. The van der Waals surface area contributed by atoms with E-state index in [0.717, 1.165) is 52.0 Å². The molecule has 0 aromatic heterocycles. The van der Waals surface area contributed by atoms with Crippen LogP contribution in [0.3, 0.4) is 0 Å². The van der Waals surface area contributed by atoms with Crippen molar-refractivity contribution in [3.8, 4) is 0 Å². The molecule has 106 valence electrons. The molecule has 0 aliphatic carbocycles. The highest BCUT2D eigenvalue weighted by Crippen LogP contribution is 2.33. The summed E-state index contributed by atoms with van der Waals surface area (Å²) >= 11 is 0. The number of hydrogen-bond donors (Lipinski definition) is 2. The van der Waals surface area contributed by atoms with Crippen molar-refractivity contribution in [2.75, 3.05) is 46.1 Å². The Morgan fingerprint density at radius 2 is 1.94 bits per heavy atom. The molecule has 2 heterocycles. The van der Waals surface area contributed by atoms with E-state index in [1.54, 1.807) is 0 Å². The Balaban J connectivity index is 1.67. The smallest absolute Gasteiger partial charge is 0.0632 e. The van der Waals surface area contributed by atoms with Gasteiger partial charge in [0.2, 0.25) is 0 Å². The van der Waals surface area contributed by atoms with Crippen molar-refractivity contribution >= 4 is 0 Å². The fourth-order valence-corrected chi connectivity index (χ4v) is 2.94. The Bertz CT molecular complexity index is 234. The van der Waals surface area contributed by atoms with E-state index in [4.69, 9.17) is 9.47 Å². The van der Waals surface area contributed by atoms with Crippen LogP contribution >= 0.6 is 0 Å². The third-order valence-corrected chi connectivity index (χ3v) is 4.30. The molecule has 2 N–H and O–H groups in total. The number of rotatable bonds is 5. The number of morpholine rings is 1. The van der Waals surface area contributed by atoms with Crippen LogP contribution in [0.15, 0.2) is 0 Å². The average molecular weight is 256 g/mol. The van der Waals surface area contributed by atoms with Crippen molar-refractivity contribution in [3.05, 3.63) is 0 Å². The van der Waals surface area contributed by atoms with Gasteiger partial charge in [-0.2, -0.15) is 0 Å². The van der Waals surface area contributed by atoms with Gasteiger partial charge < -0.3 is 20.1 Å². The molecule has 0 radical (unpaired) electrons. The Morgan fingerprint density at radius 1 is 1.17 bits per heavy atom. The van der Waals surface area contributed by atoms with Gasteiger partial charge in [-0.05, 0) is 24.2 Å². The Morgan fingerprint density at radius 3 is 2.61 bits per heavy atom. The average Bonchev–Trinajstić information content (AvgIpc) is 2.41. The lowest BCUT2D eigenvalue weighted by molar-refractivity contribution is 0.0217. The van der Waals surface area contributed by atoms with Gasteiger partial charge in [-0.3, -0.25) is 0 Å². The fraction of sp³-hybridized carbons (Fsp3) is 1.00. The van der Waals surface area contributed by atoms with Crippen LogP contribution < -0.4 is 10.6 Å². The highest BCUT2D eigenvalue weighted by molar-refractivity contribution is 4.83. The highest BCUT2D eigenvalue weighted by Gasteiger charge is 2.30. The third kappa shape index (κ3) is 4.19. The van der Waals surface area contributed by atoms with Crippen molar-refractivity contribution in [1.82, 2.24) is 10.6 Å². The Labute approximate surface area is 111 Å². The van der Waals surface area contributed by atoms with E-state index in [9.17, 15) is 0 Å². The van der Waals surface area contributed by atoms with Crippen LogP contribution in [0.2, 0.25) is 0 Å². The second kappa shape index (κ2) is 6.85. The van der Waals surface area contributed by atoms with Crippen molar-refractivity contribution in [2.24, 2.45) is 11.3 Å². The first-order valence-electron chi connectivity index (χ1n) is 7.28. The minimum Gasteiger partial charge on any atom is -0.381 e. The molecule has 0 aromatic carbocycles. The molecule has 0 spiro atoms. The van der Waals surface area contributed by atoms with Crippen LogP contribution in [0.4, 0.5) is 0 Å². The van der Waals surface area contributed by atoms with Crippen LogP contribution in [0.1, 0.15) is 26.7 Å². The molecule has 4 heteroatoms. The van der Waals surface area contributed by atoms with Crippen LogP contribution in [0.25, 0.3) is 0 Å². The van der Waals surface area contributed by atoms with Crippen LogP contribution in [-0.2, 0) is 9.47 Å². The lowest BCUT2D eigenvalue weighted by atomic mass is 9.74. The van der Waals surface area contributed by atoms with Gasteiger partial charge in [0.15, 0.2) is 0 Å². The quantitative estimate of drug-likeness (QED) is 0.771. The Kier molecular flexibility index (Phi) is 5.42. The summed E-state index contributed by atoms with van der Waals surface area (Å²) in [4.78, 5) is 0. The van der Waals surface area contributed by atoms with Gasteiger partial charge in [-0.25, -0.2) is 0 Å². The summed E-state index contributed by atoms with van der Waals surface area (Å²) in [6.07, 6.45) is 2.42. The number of ether oxygens (including phenoxy) is 2. The molecule has 2 aliphatic rings. The van der Waals surface area contributed by atoms with E-state index < -0.39 is 0 Å². The molecule has 2 saturated heterocycles. The second-order valence-corrected chi connectivity index (χ2v) is 6.23. The minimum absolute atomic E-state index is 0.360. The largest absolute Gasteiger partial charge is 0.381 e. The molecular formula is C14H28N2O2. The maximum Gasteiger partial charge on any atom is 0.0632 e. The maximum absolute atomic E-state index is 5.46. The summed E-state index contributed by atoms with van der Waals surface area (Å²) in [6.45, 7) is 11.4. The molecule has 1 unspecified atom stereocenters. The van der Waals surface area contributed by atoms with Crippen LogP contribution in [0, 0.1) is 11.3 Å². The summed E-state index contributed by atoms with van der Waals surface area (Å²) < 4.78 is 10.9. The highest BCUT2D eigenvalue weighted by atomic mass is 16.5. The third-order valence-electron chi connectivity index (χ3n) is 4.30. The van der Waals surface area contributed by atoms with Crippen LogP contribution in [0.5, 0.6) is 0 Å². The van der Waals surface area contributed by atoms with Crippen molar-refractivity contribution in [2.45, 2.75) is 32.7 Å². The number of hydrogen-bond acceptors (Lipinski definition) is 4. The Hall–Kier alpha value is -0.160. The van der Waals surface area contributed by atoms with E-state index in [0.29, 0.717) is 11.5 Å². The van der Waals surface area contributed by atoms with E-state index >= 15 is 0 Å². The summed E-state index contributed by atoms with van der Waals surface area (Å²) in [7, 11) is 0. The lowest BCUT2D eigenvalue weighted by Gasteiger charge is -2.37. The van der Waals surface area contributed by atoms with E-state index in [1.807, 2.05) is 0 Å². The maximum atomic E-state index is 5.46. The minimum atomic E-state index is 0.360. The molecule has 0 aromatic rings. The molecule has 0 amide bonds. The van der Waals surface area contributed by atoms with Gasteiger partial charge in [-0.1, -0.05) is 13.8 Å². The molecule has 18 heavy (non-hydrogen) atoms. The zero-order valence-corrected chi connectivity index (χ0v) is 11.8. The normalized spacial score (nSPS) is 27.3. The van der Waals surface area contributed by atoms with Gasteiger partial charge in [-0.15, -0.1) is 0 Å². The summed E-state index contributed by atoms with van der Waals surface area (Å²) in [5, 5.41) is 7.09. The van der Waals surface area contributed by atoms with Gasteiger partial charge in [0.05, 0.1) is 13.2 Å². The molecule has 2 aliphatic heterocycles. The van der Waals surface area contributed by atoms with Crippen molar-refractivity contribution < 1.29 is 9.47 Å². The second-order valence-electron chi connectivity index (χ2n) is 6.23. The zero-order chi connectivity index (χ0) is 12.8. The summed E-state index contributed by atoms with van der Waals surface area (Å²) in [5.41, 5.74) is 0.360. The monoisotopic (exact) mass is 256 g/mol. The molecular weight excluding hydrogens is 228 g/mol. The number of nitrogens with one attached hydrogen (secondary N) is 2. The first kappa shape index (κ1) is 14.3. The summed E-state index contributed by atoms with van der Waals surface area (Å²) in [6, 6.07) is 0.476. The van der Waals surface area contributed by atoms with E-state index in [-0.39, 0.29) is 0 Å².